The van der Waals surface area contributed by atoms with Gasteiger partial charge in [0.15, 0.2) is 0 Å². The molecule has 10 heavy (non-hydrogen) atoms. The fraction of sp³-hybridized carbons (Fsp3) is 0.286. The van der Waals surface area contributed by atoms with E-state index in [1.807, 2.05) is 6.92 Å². The van der Waals surface area contributed by atoms with Gasteiger partial charge in [0.05, 0.1) is 12.3 Å². The predicted molar refractivity (Wildman–Crippen MR) is 39.9 cm³/mol. The van der Waals surface area contributed by atoms with E-state index in [-0.39, 0.29) is 6.61 Å². The molecule has 0 aromatic carbocycles. The second-order valence-electron chi connectivity index (χ2n) is 2.12. The van der Waals surface area contributed by atoms with Gasteiger partial charge in [-0.05, 0) is 24.6 Å². The maximum Gasteiger partial charge on any atom is 0.129 e. The van der Waals surface area contributed by atoms with Crippen LogP contribution in [0.3, 0.4) is 0 Å². The van der Waals surface area contributed by atoms with Crippen molar-refractivity contribution in [3.05, 3.63) is 28.5 Å². The molecule has 0 fully saturated rings. The van der Waals surface area contributed by atoms with Gasteiger partial charge in [0.25, 0.3) is 0 Å². The summed E-state index contributed by atoms with van der Waals surface area (Å²) in [6.45, 7) is 1.86. The number of pyridine rings is 1. The highest BCUT2D eigenvalue weighted by molar-refractivity contribution is 6.29. The average Bonchev–Trinajstić information content (AvgIpc) is 1.85. The van der Waals surface area contributed by atoms with Gasteiger partial charge in [-0.2, -0.15) is 0 Å². The van der Waals surface area contributed by atoms with Crippen molar-refractivity contribution in [2.75, 3.05) is 0 Å². The lowest BCUT2D eigenvalue weighted by molar-refractivity contribution is 0.277. The van der Waals surface area contributed by atoms with Crippen LogP contribution in [0.1, 0.15) is 11.3 Å². The molecule has 1 aromatic rings. The number of rotatable bonds is 1. The molecule has 0 aliphatic heterocycles. The topological polar surface area (TPSA) is 33.1 Å². The van der Waals surface area contributed by atoms with Crippen LogP contribution in [0.2, 0.25) is 5.15 Å². The minimum Gasteiger partial charge on any atom is -0.390 e. The highest BCUT2D eigenvalue weighted by Crippen LogP contribution is 2.09. The van der Waals surface area contributed by atoms with Gasteiger partial charge >= 0.3 is 0 Å². The van der Waals surface area contributed by atoms with Crippen molar-refractivity contribution >= 4 is 11.6 Å². The standard InChI is InChI=1S/C7H8ClNO/c1-5-2-6(4-10)9-7(8)3-5/h2-3,10H,4H2,1H3. The van der Waals surface area contributed by atoms with E-state index in [0.29, 0.717) is 10.8 Å². The average molecular weight is 158 g/mol. The number of aryl methyl sites for hydroxylation is 1. The molecule has 1 aromatic heterocycles. The minimum atomic E-state index is -0.0542. The van der Waals surface area contributed by atoms with Crippen molar-refractivity contribution in [1.82, 2.24) is 4.98 Å². The summed E-state index contributed by atoms with van der Waals surface area (Å²) in [6, 6.07) is 3.55. The molecule has 0 aliphatic carbocycles. The van der Waals surface area contributed by atoms with Crippen LogP contribution in [-0.2, 0) is 6.61 Å². The van der Waals surface area contributed by atoms with Crippen LogP contribution in [-0.4, -0.2) is 10.1 Å². The molecule has 3 heteroatoms. The number of aliphatic hydroxyl groups excluding tert-OH is 1. The first-order chi connectivity index (χ1) is 4.72. The quantitative estimate of drug-likeness (QED) is 0.628. The molecule has 1 N–H and O–H groups in total. The maximum absolute atomic E-state index is 8.67. The molecule has 0 radical (unpaired) electrons. The van der Waals surface area contributed by atoms with Gasteiger partial charge < -0.3 is 5.11 Å². The molecule has 0 amide bonds. The molecule has 0 unspecified atom stereocenters. The maximum atomic E-state index is 8.67. The third-order valence-electron chi connectivity index (χ3n) is 1.15. The Bertz CT molecular complexity index is 217. The molecule has 0 aliphatic rings. The second-order valence-corrected chi connectivity index (χ2v) is 2.50. The molecule has 1 rings (SSSR count). The van der Waals surface area contributed by atoms with E-state index in [4.69, 9.17) is 16.7 Å². The summed E-state index contributed by atoms with van der Waals surface area (Å²) in [5, 5.41) is 9.10. The first kappa shape index (κ1) is 7.51. The van der Waals surface area contributed by atoms with Gasteiger partial charge in [-0.15, -0.1) is 0 Å². The minimum absolute atomic E-state index is 0.0542. The van der Waals surface area contributed by atoms with Crippen molar-refractivity contribution in [2.45, 2.75) is 13.5 Å². The van der Waals surface area contributed by atoms with Crippen molar-refractivity contribution in [3.8, 4) is 0 Å². The number of aromatic nitrogens is 1. The van der Waals surface area contributed by atoms with Crippen LogP contribution in [0.15, 0.2) is 12.1 Å². The zero-order valence-corrected chi connectivity index (χ0v) is 6.39. The Morgan fingerprint density at radius 2 is 2.30 bits per heavy atom. The number of nitrogens with zero attached hydrogens (tertiary/aromatic N) is 1. The highest BCUT2D eigenvalue weighted by atomic mass is 35.5. The Balaban J connectivity index is 3.06. The Morgan fingerprint density at radius 1 is 1.60 bits per heavy atom. The number of hydrogen-bond donors (Lipinski definition) is 1. The molecule has 0 saturated carbocycles. The van der Waals surface area contributed by atoms with E-state index >= 15 is 0 Å². The smallest absolute Gasteiger partial charge is 0.129 e. The molecular formula is C7H8ClNO. The Labute approximate surface area is 64.5 Å². The third kappa shape index (κ3) is 1.69. The molecule has 54 valence electrons. The van der Waals surface area contributed by atoms with Gasteiger partial charge in [-0.25, -0.2) is 4.98 Å². The normalized spacial score (nSPS) is 9.90. The van der Waals surface area contributed by atoms with Crippen LogP contribution in [0.25, 0.3) is 0 Å². The summed E-state index contributed by atoms with van der Waals surface area (Å²) >= 11 is 5.61. The van der Waals surface area contributed by atoms with Crippen LogP contribution in [0.4, 0.5) is 0 Å². The molecule has 0 saturated heterocycles. The third-order valence-corrected chi connectivity index (χ3v) is 1.35. The van der Waals surface area contributed by atoms with Crippen molar-refractivity contribution < 1.29 is 5.11 Å². The molecule has 1 heterocycles. The zero-order valence-electron chi connectivity index (χ0n) is 5.63. The SMILES string of the molecule is Cc1cc(Cl)nc(CO)c1. The van der Waals surface area contributed by atoms with Crippen molar-refractivity contribution in [3.63, 3.8) is 0 Å². The summed E-state index contributed by atoms with van der Waals surface area (Å²) in [5.41, 5.74) is 1.63. The van der Waals surface area contributed by atoms with Gasteiger partial charge in [0, 0.05) is 0 Å². The van der Waals surface area contributed by atoms with E-state index in [0.717, 1.165) is 5.56 Å². The summed E-state index contributed by atoms with van der Waals surface area (Å²) in [7, 11) is 0. The summed E-state index contributed by atoms with van der Waals surface area (Å²) < 4.78 is 0. The van der Waals surface area contributed by atoms with Gasteiger partial charge in [0.2, 0.25) is 0 Å². The Hall–Kier alpha value is -0.600. The van der Waals surface area contributed by atoms with Gasteiger partial charge in [-0.1, -0.05) is 11.6 Å². The lowest BCUT2D eigenvalue weighted by Crippen LogP contribution is -1.89. The Morgan fingerprint density at radius 3 is 2.80 bits per heavy atom. The largest absolute Gasteiger partial charge is 0.390 e. The molecule has 0 bridgehead atoms. The fourth-order valence-electron chi connectivity index (χ4n) is 0.775. The lowest BCUT2D eigenvalue weighted by Gasteiger charge is -1.97. The monoisotopic (exact) mass is 157 g/mol. The molecule has 0 atom stereocenters. The number of halogens is 1. The van der Waals surface area contributed by atoms with Crippen LogP contribution < -0.4 is 0 Å². The lowest BCUT2D eigenvalue weighted by atomic mass is 10.2. The Kier molecular flexibility index (Phi) is 2.25. The summed E-state index contributed by atoms with van der Waals surface area (Å²) in [6.07, 6.45) is 0. The van der Waals surface area contributed by atoms with Gasteiger partial charge in [0.1, 0.15) is 5.15 Å². The van der Waals surface area contributed by atoms with E-state index < -0.39 is 0 Å². The second kappa shape index (κ2) is 2.99. The molecular weight excluding hydrogens is 150 g/mol. The van der Waals surface area contributed by atoms with E-state index in [1.165, 1.54) is 0 Å². The summed E-state index contributed by atoms with van der Waals surface area (Å²) in [4.78, 5) is 3.87. The van der Waals surface area contributed by atoms with Crippen LogP contribution in [0, 0.1) is 6.92 Å². The van der Waals surface area contributed by atoms with Crippen molar-refractivity contribution in [1.29, 1.82) is 0 Å². The summed E-state index contributed by atoms with van der Waals surface area (Å²) in [5.74, 6) is 0. The molecule has 0 spiro atoms. The van der Waals surface area contributed by atoms with Crippen LogP contribution >= 0.6 is 11.6 Å². The zero-order chi connectivity index (χ0) is 7.56. The van der Waals surface area contributed by atoms with E-state index in [2.05, 4.69) is 4.98 Å². The van der Waals surface area contributed by atoms with Gasteiger partial charge in [-0.3, -0.25) is 0 Å². The van der Waals surface area contributed by atoms with Crippen molar-refractivity contribution in [2.24, 2.45) is 0 Å². The number of hydrogen-bond acceptors (Lipinski definition) is 2. The van der Waals surface area contributed by atoms with E-state index in [1.54, 1.807) is 12.1 Å². The first-order valence-electron chi connectivity index (χ1n) is 2.96. The van der Waals surface area contributed by atoms with Crippen LogP contribution in [0.5, 0.6) is 0 Å². The number of aliphatic hydroxyl groups is 1. The highest BCUT2D eigenvalue weighted by Gasteiger charge is 1.95. The van der Waals surface area contributed by atoms with E-state index in [9.17, 15) is 0 Å². The first-order valence-corrected chi connectivity index (χ1v) is 3.34. The molecule has 2 nitrogen and oxygen atoms in total. The fourth-order valence-corrected chi connectivity index (χ4v) is 1.06. The predicted octanol–water partition coefficient (Wildman–Crippen LogP) is 1.54.